The third kappa shape index (κ3) is 2.82. The van der Waals surface area contributed by atoms with Gasteiger partial charge in [0.25, 0.3) is 0 Å². The molecule has 1 saturated heterocycles. The van der Waals surface area contributed by atoms with E-state index in [0.717, 1.165) is 41.2 Å². The lowest BCUT2D eigenvalue weighted by Gasteiger charge is -2.25. The summed E-state index contributed by atoms with van der Waals surface area (Å²) < 4.78 is 2.00. The van der Waals surface area contributed by atoms with E-state index in [1.807, 2.05) is 36.0 Å². The Morgan fingerprint density at radius 2 is 1.76 bits per heavy atom. The molecule has 130 valence electrons. The number of likely N-dealkylation sites (tertiary alicyclic amines) is 1. The van der Waals surface area contributed by atoms with Crippen LogP contribution >= 0.6 is 0 Å². The van der Waals surface area contributed by atoms with E-state index in [4.69, 9.17) is 9.97 Å². The monoisotopic (exact) mass is 335 g/mol. The van der Waals surface area contributed by atoms with E-state index < -0.39 is 0 Å². The van der Waals surface area contributed by atoms with E-state index >= 15 is 0 Å². The van der Waals surface area contributed by atoms with Gasteiger partial charge in [0.1, 0.15) is 0 Å². The second-order valence-electron chi connectivity index (χ2n) is 7.08. The molecule has 5 nitrogen and oxygen atoms in total. The van der Waals surface area contributed by atoms with Gasteiger partial charge in [-0.3, -0.25) is 9.58 Å². The third-order valence-corrected chi connectivity index (χ3v) is 5.46. The molecule has 0 N–H and O–H groups in total. The third-order valence-electron chi connectivity index (χ3n) is 5.46. The Kier molecular flexibility index (Phi) is 4.04. The lowest BCUT2D eigenvalue weighted by Crippen LogP contribution is -2.25. The molecule has 3 aromatic rings. The molecule has 1 atom stereocenters. The first-order valence-corrected chi connectivity index (χ1v) is 9.01. The number of fused-ring (bicyclic) bond motifs is 1. The molecule has 0 aliphatic carbocycles. The van der Waals surface area contributed by atoms with Crippen molar-refractivity contribution in [3.05, 3.63) is 52.6 Å². The van der Waals surface area contributed by atoms with Crippen LogP contribution in [0.25, 0.3) is 11.0 Å². The summed E-state index contributed by atoms with van der Waals surface area (Å²) in [5.41, 5.74) is 7.89. The van der Waals surface area contributed by atoms with E-state index in [1.54, 1.807) is 0 Å². The molecule has 3 heterocycles. The molecular formula is C20H25N5. The van der Waals surface area contributed by atoms with Crippen LogP contribution in [0, 0.1) is 20.8 Å². The van der Waals surface area contributed by atoms with E-state index in [1.165, 1.54) is 24.1 Å². The van der Waals surface area contributed by atoms with Crippen LogP contribution in [0.5, 0.6) is 0 Å². The van der Waals surface area contributed by atoms with Crippen LogP contribution in [0.15, 0.2) is 24.3 Å². The van der Waals surface area contributed by atoms with E-state index in [0.29, 0.717) is 6.04 Å². The Balaban J connectivity index is 1.67. The van der Waals surface area contributed by atoms with E-state index in [-0.39, 0.29) is 0 Å². The zero-order valence-electron chi connectivity index (χ0n) is 15.5. The quantitative estimate of drug-likeness (QED) is 0.733. The minimum Gasteiger partial charge on any atom is -0.290 e. The second kappa shape index (κ2) is 6.23. The normalized spacial score (nSPS) is 18.3. The van der Waals surface area contributed by atoms with Crippen molar-refractivity contribution in [1.82, 2.24) is 24.6 Å². The highest BCUT2D eigenvalue weighted by atomic mass is 15.3. The maximum Gasteiger partial charge on any atom is 0.0890 e. The van der Waals surface area contributed by atoms with Crippen LogP contribution in [0.2, 0.25) is 0 Å². The van der Waals surface area contributed by atoms with Crippen LogP contribution in [0.4, 0.5) is 0 Å². The molecule has 1 fully saturated rings. The SMILES string of the molecule is Cc1nc2ccccc2nc1CN1CCC[C@@H]1c1c(C)nn(C)c1C. The minimum atomic E-state index is 0.432. The minimum absolute atomic E-state index is 0.432. The molecule has 5 heteroatoms. The number of hydrogen-bond donors (Lipinski definition) is 0. The standard InChI is InChI=1S/C20H25N5/c1-13-18(22-17-9-6-5-8-16(17)21-13)12-25-11-7-10-19(25)20-14(2)23-24(4)15(20)3/h5-6,8-9,19H,7,10-12H2,1-4H3/t19-/m1/s1. The first-order valence-electron chi connectivity index (χ1n) is 9.01. The number of aryl methyl sites for hydroxylation is 3. The van der Waals surface area contributed by atoms with E-state index in [9.17, 15) is 0 Å². The summed E-state index contributed by atoms with van der Waals surface area (Å²) in [5.74, 6) is 0. The number of benzene rings is 1. The van der Waals surface area contributed by atoms with Crippen molar-refractivity contribution in [2.45, 2.75) is 46.2 Å². The molecule has 0 unspecified atom stereocenters. The molecule has 4 rings (SSSR count). The summed E-state index contributed by atoms with van der Waals surface area (Å²) in [7, 11) is 2.03. The molecule has 1 aliphatic rings. The number of nitrogens with zero attached hydrogens (tertiary/aromatic N) is 5. The van der Waals surface area contributed by atoms with Crippen molar-refractivity contribution in [3.63, 3.8) is 0 Å². The van der Waals surface area contributed by atoms with Gasteiger partial charge in [0.15, 0.2) is 0 Å². The Morgan fingerprint density at radius 1 is 1.04 bits per heavy atom. The number of hydrogen-bond acceptors (Lipinski definition) is 4. The molecular weight excluding hydrogens is 310 g/mol. The van der Waals surface area contributed by atoms with Crippen molar-refractivity contribution in [1.29, 1.82) is 0 Å². The van der Waals surface area contributed by atoms with Crippen molar-refractivity contribution >= 4 is 11.0 Å². The molecule has 1 aromatic carbocycles. The molecule has 2 aromatic heterocycles. The van der Waals surface area contributed by atoms with Gasteiger partial charge in [0, 0.05) is 30.9 Å². The predicted octanol–water partition coefficient (Wildman–Crippen LogP) is 3.63. The molecule has 0 radical (unpaired) electrons. The topological polar surface area (TPSA) is 46.8 Å². The average Bonchev–Trinajstić information content (AvgIpc) is 3.12. The van der Waals surface area contributed by atoms with Crippen LogP contribution in [-0.4, -0.2) is 31.2 Å². The molecule has 0 amide bonds. The fourth-order valence-corrected chi connectivity index (χ4v) is 4.08. The van der Waals surface area contributed by atoms with Crippen LogP contribution in [0.1, 0.15) is 47.2 Å². The first kappa shape index (κ1) is 16.2. The molecule has 0 spiro atoms. The highest BCUT2D eigenvalue weighted by molar-refractivity contribution is 5.74. The fourth-order valence-electron chi connectivity index (χ4n) is 4.08. The van der Waals surface area contributed by atoms with Gasteiger partial charge < -0.3 is 0 Å². The van der Waals surface area contributed by atoms with Gasteiger partial charge >= 0.3 is 0 Å². The van der Waals surface area contributed by atoms with Crippen molar-refractivity contribution in [2.75, 3.05) is 6.54 Å². The maximum absolute atomic E-state index is 4.89. The number of para-hydroxylation sites is 2. The summed E-state index contributed by atoms with van der Waals surface area (Å²) in [6.07, 6.45) is 2.41. The van der Waals surface area contributed by atoms with Gasteiger partial charge in [-0.2, -0.15) is 5.10 Å². The Morgan fingerprint density at radius 3 is 2.44 bits per heavy atom. The molecule has 0 saturated carbocycles. The van der Waals surface area contributed by atoms with Crippen LogP contribution in [-0.2, 0) is 13.6 Å². The Hall–Kier alpha value is -2.27. The smallest absolute Gasteiger partial charge is 0.0890 e. The van der Waals surface area contributed by atoms with Gasteiger partial charge in [0.05, 0.1) is 28.1 Å². The molecule has 25 heavy (non-hydrogen) atoms. The lowest BCUT2D eigenvalue weighted by atomic mass is 10.0. The average molecular weight is 335 g/mol. The van der Waals surface area contributed by atoms with Gasteiger partial charge in [-0.1, -0.05) is 12.1 Å². The van der Waals surface area contributed by atoms with Crippen LogP contribution < -0.4 is 0 Å². The zero-order valence-corrected chi connectivity index (χ0v) is 15.5. The van der Waals surface area contributed by atoms with Gasteiger partial charge in [-0.05, 0) is 52.3 Å². The summed E-state index contributed by atoms with van der Waals surface area (Å²) in [6.45, 7) is 8.32. The van der Waals surface area contributed by atoms with Gasteiger partial charge in [-0.25, -0.2) is 9.97 Å². The highest BCUT2D eigenvalue weighted by Gasteiger charge is 2.31. The Labute approximate surface area is 148 Å². The highest BCUT2D eigenvalue weighted by Crippen LogP contribution is 2.36. The first-order chi connectivity index (χ1) is 12.0. The van der Waals surface area contributed by atoms with Crippen molar-refractivity contribution < 1.29 is 0 Å². The van der Waals surface area contributed by atoms with E-state index in [2.05, 4.69) is 30.8 Å². The predicted molar refractivity (Wildman–Crippen MR) is 99.3 cm³/mol. The van der Waals surface area contributed by atoms with Gasteiger partial charge in [0.2, 0.25) is 0 Å². The zero-order chi connectivity index (χ0) is 17.6. The maximum atomic E-state index is 4.89. The molecule has 1 aliphatic heterocycles. The molecule has 0 bridgehead atoms. The summed E-state index contributed by atoms with van der Waals surface area (Å²) in [6, 6.07) is 8.54. The van der Waals surface area contributed by atoms with Gasteiger partial charge in [-0.15, -0.1) is 0 Å². The number of rotatable bonds is 3. The van der Waals surface area contributed by atoms with Crippen LogP contribution in [0.3, 0.4) is 0 Å². The Bertz CT molecular complexity index is 927. The number of aromatic nitrogens is 4. The largest absolute Gasteiger partial charge is 0.290 e. The summed E-state index contributed by atoms with van der Waals surface area (Å²) in [5, 5.41) is 4.62. The second-order valence-corrected chi connectivity index (χ2v) is 7.08. The van der Waals surface area contributed by atoms with Crippen molar-refractivity contribution in [3.8, 4) is 0 Å². The van der Waals surface area contributed by atoms with Crippen molar-refractivity contribution in [2.24, 2.45) is 7.05 Å². The summed E-state index contributed by atoms with van der Waals surface area (Å²) >= 11 is 0. The fraction of sp³-hybridized carbons (Fsp3) is 0.450. The summed E-state index contributed by atoms with van der Waals surface area (Å²) in [4.78, 5) is 12.2. The lowest BCUT2D eigenvalue weighted by molar-refractivity contribution is 0.243.